The van der Waals surface area contributed by atoms with Crippen LogP contribution in [-0.4, -0.2) is 10.1 Å². The van der Waals surface area contributed by atoms with Crippen molar-refractivity contribution in [3.8, 4) is 5.75 Å². The maximum atomic E-state index is 9.67. The number of benzene rings is 2. The van der Waals surface area contributed by atoms with Gasteiger partial charge in [-0.25, -0.2) is 0 Å². The Kier molecular flexibility index (Phi) is 1.92. The summed E-state index contributed by atoms with van der Waals surface area (Å²) in [5.74, 6) is 0.234. The van der Waals surface area contributed by atoms with Crippen LogP contribution in [0.15, 0.2) is 48.7 Å². The summed E-state index contributed by atoms with van der Waals surface area (Å²) >= 11 is 0. The van der Waals surface area contributed by atoms with Crippen LogP contribution in [0.25, 0.3) is 21.7 Å². The molecular weight excluding hydrogens is 438 g/mol. The molecule has 0 saturated heterocycles. The number of phenols is 1. The van der Waals surface area contributed by atoms with E-state index in [-0.39, 0.29) is 5.75 Å². The maximum absolute atomic E-state index is 9.67. The molecule has 16 heavy (non-hydrogen) atoms. The van der Waals surface area contributed by atoms with Crippen molar-refractivity contribution in [3.63, 3.8) is 0 Å². The van der Waals surface area contributed by atoms with Crippen LogP contribution >= 0.6 is 0 Å². The summed E-state index contributed by atoms with van der Waals surface area (Å²) in [6, 6.07) is 13.5. The Hall–Kier alpha value is -3.09. The second kappa shape index (κ2) is 3.24. The van der Waals surface area contributed by atoms with Crippen LogP contribution in [0.1, 0.15) is 0 Å². The zero-order chi connectivity index (χ0) is 10.3. The Morgan fingerprint density at radius 3 is 2.50 bits per heavy atom. The first-order valence-electron chi connectivity index (χ1n) is 4.82. The first kappa shape index (κ1) is 9.46. The SMILES string of the molecule is Oc1cccc2c1ncc1ccccc12.[Es]. The molecule has 1 heterocycles. The van der Waals surface area contributed by atoms with E-state index in [4.69, 9.17) is 0 Å². The minimum Gasteiger partial charge on any atom is -0.506 e. The maximum Gasteiger partial charge on any atom is 0.141 e. The number of aromatic hydroxyl groups is 1. The van der Waals surface area contributed by atoms with E-state index in [0.717, 1.165) is 16.2 Å². The van der Waals surface area contributed by atoms with Gasteiger partial charge in [0.15, 0.2) is 0 Å². The molecule has 3 heteroatoms. The second-order valence-electron chi connectivity index (χ2n) is 3.52. The Labute approximate surface area is 86.8 Å². The predicted octanol–water partition coefficient (Wildman–Crippen LogP) is 3.09. The number of para-hydroxylation sites is 1. The molecule has 0 atom stereocenters. The van der Waals surface area contributed by atoms with Crippen LogP contribution in [0.4, 0.5) is 0 Å². The topological polar surface area (TPSA) is 33.1 Å². The van der Waals surface area contributed by atoms with Crippen molar-refractivity contribution in [2.75, 3.05) is 0 Å². The fraction of sp³-hybridized carbons (Fsp3) is 0. The van der Waals surface area contributed by atoms with Crippen LogP contribution in [0.2, 0.25) is 0 Å². The molecule has 0 bridgehead atoms. The summed E-state index contributed by atoms with van der Waals surface area (Å²) in [5.41, 5.74) is 0.663. The van der Waals surface area contributed by atoms with E-state index in [1.807, 2.05) is 36.4 Å². The molecule has 1 N–H and O–H groups in total. The van der Waals surface area contributed by atoms with E-state index in [1.54, 1.807) is 12.3 Å². The molecule has 2 nitrogen and oxygen atoms in total. The predicted molar refractivity (Wildman–Crippen MR) is 60.9 cm³/mol. The fourth-order valence-electron chi connectivity index (χ4n) is 1.87. The Bertz CT molecular complexity index is 652. The van der Waals surface area contributed by atoms with Gasteiger partial charge in [-0.2, -0.15) is 0 Å². The Morgan fingerprint density at radius 1 is 0.875 bits per heavy atom. The number of phenolic OH excluding ortho intramolecular Hbond substituents is 1. The van der Waals surface area contributed by atoms with E-state index in [9.17, 15) is 5.11 Å². The van der Waals surface area contributed by atoms with Gasteiger partial charge in [0, 0.05) is 17.0 Å². The standard InChI is InChI=1S/C13H9NO.Es/c15-12-7-3-6-11-10-5-2-1-4-9(10)8-14-13(11)12;/h1-8,15H;. The van der Waals surface area contributed by atoms with Crippen LogP contribution in [-0.2, 0) is 0 Å². The molecule has 2 aromatic carbocycles. The quantitative estimate of drug-likeness (QED) is 0.538. The molecule has 1 radical (unpaired) electrons. The molecule has 0 aliphatic carbocycles. The molecule has 83 valence electrons. The summed E-state index contributed by atoms with van der Waals surface area (Å²) in [6.45, 7) is 0. The third-order valence-electron chi connectivity index (χ3n) is 2.60. The zero-order valence-electron chi connectivity index (χ0n) is 8.31. The number of rotatable bonds is 0. The summed E-state index contributed by atoms with van der Waals surface area (Å²) in [5, 5.41) is 12.9. The fourth-order valence-corrected chi connectivity index (χ4v) is 1.87. The van der Waals surface area contributed by atoms with Crippen molar-refractivity contribution >= 4 is 21.7 Å². The zero-order valence-corrected chi connectivity index (χ0v) is 10.8. The normalized spacial score (nSPS) is 10.2. The van der Waals surface area contributed by atoms with Crippen molar-refractivity contribution in [1.29, 1.82) is 0 Å². The average molecular weight is 447 g/mol. The minimum absolute atomic E-state index is 0. The van der Waals surface area contributed by atoms with E-state index >= 15 is 0 Å². The number of pyridine rings is 1. The molecular formula is C13H9EsNO. The third-order valence-corrected chi connectivity index (χ3v) is 2.60. The summed E-state index contributed by atoms with van der Waals surface area (Å²) in [6.07, 6.45) is 1.79. The molecule has 0 spiro atoms. The first-order valence-corrected chi connectivity index (χ1v) is 4.82. The number of fused-ring (bicyclic) bond motifs is 3. The molecule has 0 saturated carbocycles. The smallest absolute Gasteiger partial charge is 0.141 e. The van der Waals surface area contributed by atoms with Gasteiger partial charge in [0.05, 0.1) is 0 Å². The van der Waals surface area contributed by atoms with Gasteiger partial charge in [0.2, 0.25) is 0 Å². The number of hydrogen-bond acceptors (Lipinski definition) is 2. The van der Waals surface area contributed by atoms with Crippen molar-refractivity contribution in [3.05, 3.63) is 48.7 Å². The molecule has 1 aromatic heterocycles. The van der Waals surface area contributed by atoms with Gasteiger partial charge in [-0.3, -0.25) is 4.98 Å². The molecule has 0 amide bonds. The summed E-state index contributed by atoms with van der Waals surface area (Å²) in [4.78, 5) is 4.26. The minimum atomic E-state index is 0. The molecule has 3 aromatic rings. The summed E-state index contributed by atoms with van der Waals surface area (Å²) < 4.78 is 0. The van der Waals surface area contributed by atoms with Crippen LogP contribution in [0.5, 0.6) is 5.75 Å². The van der Waals surface area contributed by atoms with Gasteiger partial charge in [-0.05, 0) is 11.5 Å². The second-order valence-corrected chi connectivity index (χ2v) is 3.52. The number of nitrogens with zero attached hydrogens (tertiary/aromatic N) is 1. The van der Waals surface area contributed by atoms with Crippen molar-refractivity contribution in [2.45, 2.75) is 0 Å². The molecule has 0 aliphatic heterocycles. The Balaban J connectivity index is 0.000000963. The molecule has 0 fully saturated rings. The Morgan fingerprint density at radius 2 is 1.62 bits per heavy atom. The van der Waals surface area contributed by atoms with E-state index in [0.29, 0.717) is 5.52 Å². The number of aromatic nitrogens is 1. The monoisotopic (exact) mass is 447 g/mol. The number of hydrogen-bond donors (Lipinski definition) is 1. The molecule has 3 rings (SSSR count). The van der Waals surface area contributed by atoms with Gasteiger partial charge in [0.1, 0.15) is 11.3 Å². The van der Waals surface area contributed by atoms with Gasteiger partial charge in [0.25, 0.3) is 0 Å². The largest absolute Gasteiger partial charge is 0.506 e. The van der Waals surface area contributed by atoms with E-state index in [2.05, 4.69) is 4.98 Å². The van der Waals surface area contributed by atoms with Crippen molar-refractivity contribution in [2.24, 2.45) is 0 Å². The van der Waals surface area contributed by atoms with Crippen molar-refractivity contribution in [1.82, 2.24) is 4.98 Å². The third kappa shape index (κ3) is 1.12. The van der Waals surface area contributed by atoms with Crippen LogP contribution in [0.3, 0.4) is 0 Å². The average Bonchev–Trinajstić information content (AvgIpc) is 2.29. The van der Waals surface area contributed by atoms with Gasteiger partial charge < -0.3 is 5.11 Å². The van der Waals surface area contributed by atoms with Crippen LogP contribution in [0, 0.1) is 0 Å². The van der Waals surface area contributed by atoms with Gasteiger partial charge in [-0.1, -0.05) is 36.4 Å². The van der Waals surface area contributed by atoms with Crippen molar-refractivity contribution < 1.29 is 5.11 Å². The molecule has 0 unspecified atom stereocenters. The van der Waals surface area contributed by atoms with E-state index < -0.39 is 0 Å². The molecule has 0 aliphatic rings. The first-order chi connectivity index (χ1) is 7.36. The summed E-state index contributed by atoms with van der Waals surface area (Å²) in [7, 11) is 0. The van der Waals surface area contributed by atoms with Crippen LogP contribution < -0.4 is 0 Å². The van der Waals surface area contributed by atoms with Gasteiger partial charge >= 0.3 is 0 Å². The van der Waals surface area contributed by atoms with Gasteiger partial charge in [-0.15, -0.1) is 0 Å². The van der Waals surface area contributed by atoms with E-state index in [1.165, 1.54) is 0 Å².